The fraction of sp³-hybridized carbons (Fsp3) is 0.488. The molecule has 0 bridgehead atoms. The molecule has 11 heteroatoms. The van der Waals surface area contributed by atoms with Crippen LogP contribution in [0, 0.1) is 5.41 Å². The average Bonchev–Trinajstić information content (AvgIpc) is 4.10. The molecular weight excluding hydrogens is 675 g/mol. The number of hydrogen-bond donors (Lipinski definition) is 1. The summed E-state index contributed by atoms with van der Waals surface area (Å²) < 4.78 is 35.7. The zero-order chi connectivity index (χ0) is 35.9. The topological polar surface area (TPSA) is 114 Å². The number of hydrogen-bond acceptors (Lipinski definition) is 7. The van der Waals surface area contributed by atoms with Gasteiger partial charge in [0.15, 0.2) is 0 Å². The van der Waals surface area contributed by atoms with Gasteiger partial charge in [-0.25, -0.2) is 13.1 Å². The van der Waals surface area contributed by atoms with Crippen LogP contribution >= 0.6 is 0 Å². The monoisotopic (exact) mass is 723 g/mol. The number of amides is 2. The first-order chi connectivity index (χ1) is 25.2. The Morgan fingerprint density at radius 2 is 1.71 bits per heavy atom. The molecule has 0 unspecified atom stereocenters. The predicted molar refractivity (Wildman–Crippen MR) is 202 cm³/mol. The zero-order valence-corrected chi connectivity index (χ0v) is 30.9. The van der Waals surface area contributed by atoms with E-state index >= 15 is 0 Å². The Labute approximate surface area is 306 Å². The molecule has 4 aromatic rings. The van der Waals surface area contributed by atoms with E-state index in [-0.39, 0.29) is 5.91 Å². The third-order valence-electron chi connectivity index (χ3n) is 11.7. The van der Waals surface area contributed by atoms with Crippen molar-refractivity contribution in [2.75, 3.05) is 33.3 Å². The van der Waals surface area contributed by atoms with E-state index in [1.807, 2.05) is 36.5 Å². The van der Waals surface area contributed by atoms with Crippen molar-refractivity contribution < 1.29 is 22.7 Å². The molecule has 2 aromatic carbocycles. The summed E-state index contributed by atoms with van der Waals surface area (Å²) in [5, 5.41) is 0.578. The highest BCUT2D eigenvalue weighted by Crippen LogP contribution is 2.52. The summed E-state index contributed by atoms with van der Waals surface area (Å²) in [6.45, 7) is 4.48. The van der Waals surface area contributed by atoms with Crippen LogP contribution in [0.25, 0.3) is 22.2 Å². The second-order valence-corrected chi connectivity index (χ2v) is 17.3. The molecule has 4 fully saturated rings. The van der Waals surface area contributed by atoms with Gasteiger partial charge in [-0.15, -0.1) is 0 Å². The predicted octanol–water partition coefficient (Wildman–Crippen LogP) is 6.50. The molecular formula is C41H49N5O5S. The fourth-order valence-electron chi connectivity index (χ4n) is 8.51. The summed E-state index contributed by atoms with van der Waals surface area (Å²) in [6.07, 6.45) is 13.1. The molecule has 1 saturated heterocycles. The van der Waals surface area contributed by atoms with Crippen molar-refractivity contribution in [3.63, 3.8) is 0 Å². The molecule has 1 aliphatic heterocycles. The molecule has 4 aliphatic rings. The highest BCUT2D eigenvalue weighted by molar-refractivity contribution is 7.91. The number of ether oxygens (including phenoxy) is 1. The molecule has 3 aliphatic carbocycles. The third-order valence-corrected chi connectivity index (χ3v) is 13.5. The quantitative estimate of drug-likeness (QED) is 0.188. The Hall–Kier alpha value is -4.22. The van der Waals surface area contributed by atoms with Crippen LogP contribution in [0.1, 0.15) is 91.6 Å². The van der Waals surface area contributed by atoms with Crippen LogP contribution in [0.3, 0.4) is 0 Å². The molecule has 52 heavy (non-hydrogen) atoms. The molecule has 0 atom stereocenters. The highest BCUT2D eigenvalue weighted by Gasteiger charge is 2.52. The van der Waals surface area contributed by atoms with Gasteiger partial charge in [-0.1, -0.05) is 31.4 Å². The average molecular weight is 724 g/mol. The number of aromatic nitrogens is 2. The summed E-state index contributed by atoms with van der Waals surface area (Å²) in [7, 11) is -2.04. The summed E-state index contributed by atoms with van der Waals surface area (Å²) in [4.78, 5) is 36.9. The zero-order valence-electron chi connectivity index (χ0n) is 30.1. The van der Waals surface area contributed by atoms with Crippen molar-refractivity contribution in [2.24, 2.45) is 5.41 Å². The second-order valence-electron chi connectivity index (χ2n) is 15.4. The molecule has 3 saturated carbocycles. The number of fused-ring (bicyclic) bond motifs is 1. The van der Waals surface area contributed by atoms with E-state index in [9.17, 15) is 18.0 Å². The molecule has 8 rings (SSSR count). The lowest BCUT2D eigenvalue weighted by atomic mass is 9.81. The van der Waals surface area contributed by atoms with Gasteiger partial charge in [-0.05, 0) is 110 Å². The van der Waals surface area contributed by atoms with Gasteiger partial charge < -0.3 is 14.2 Å². The number of methoxy groups -OCH3 is 1. The van der Waals surface area contributed by atoms with E-state index in [0.717, 1.165) is 99.0 Å². The van der Waals surface area contributed by atoms with Crippen LogP contribution < -0.4 is 9.46 Å². The summed E-state index contributed by atoms with van der Waals surface area (Å²) >= 11 is 0. The van der Waals surface area contributed by atoms with Crippen molar-refractivity contribution in [3.05, 3.63) is 83.7 Å². The number of nitrogens with one attached hydrogen (secondary N) is 1. The lowest BCUT2D eigenvalue weighted by Gasteiger charge is -2.28. The molecule has 10 nitrogen and oxygen atoms in total. The van der Waals surface area contributed by atoms with Gasteiger partial charge in [0.25, 0.3) is 5.91 Å². The van der Waals surface area contributed by atoms with Gasteiger partial charge >= 0.3 is 0 Å². The molecule has 0 spiro atoms. The summed E-state index contributed by atoms with van der Waals surface area (Å²) in [5.41, 5.74) is 5.22. The Balaban J connectivity index is 1.17. The molecule has 3 heterocycles. The first-order valence-electron chi connectivity index (χ1n) is 19.0. The SMILES string of the molecule is COc1ccc(-c2c(C3CCCCC3)c3ccc(C(=O)NS(=O)(=O)C4CC4)cc3n2CC2(C(=O)N3CCCN(Cc4cccnc4)CC3)CC2)cc1. The normalized spacial score (nSPS) is 19.7. The molecule has 274 valence electrons. The van der Waals surface area contributed by atoms with Crippen molar-refractivity contribution >= 4 is 32.7 Å². The summed E-state index contributed by atoms with van der Waals surface area (Å²) in [5.74, 6) is 0.715. The smallest absolute Gasteiger partial charge is 0.264 e. The van der Waals surface area contributed by atoms with Gasteiger partial charge in [-0.2, -0.15) is 0 Å². The fourth-order valence-corrected chi connectivity index (χ4v) is 9.81. The maximum atomic E-state index is 14.6. The second kappa shape index (κ2) is 14.3. The molecule has 2 amide bonds. The Morgan fingerprint density at radius 3 is 2.40 bits per heavy atom. The number of pyridine rings is 1. The Morgan fingerprint density at radius 1 is 0.923 bits per heavy atom. The molecule has 2 aromatic heterocycles. The van der Waals surface area contributed by atoms with Crippen molar-refractivity contribution in [3.8, 4) is 17.0 Å². The van der Waals surface area contributed by atoms with Gasteiger partial charge in [-0.3, -0.25) is 19.5 Å². The first kappa shape index (κ1) is 34.8. The lowest BCUT2D eigenvalue weighted by Crippen LogP contribution is -2.41. The van der Waals surface area contributed by atoms with Gasteiger partial charge in [0.05, 0.1) is 23.5 Å². The Kier molecular flexibility index (Phi) is 9.59. The van der Waals surface area contributed by atoms with E-state index in [1.54, 1.807) is 19.4 Å². The number of carbonyl (C=O) groups is 2. The number of rotatable bonds is 11. The van der Waals surface area contributed by atoms with E-state index in [0.29, 0.717) is 37.4 Å². The Bertz CT molecular complexity index is 2050. The van der Waals surface area contributed by atoms with Crippen molar-refractivity contribution in [2.45, 2.75) is 88.5 Å². The maximum absolute atomic E-state index is 14.6. The highest BCUT2D eigenvalue weighted by atomic mass is 32.2. The molecule has 0 radical (unpaired) electrons. The lowest BCUT2D eigenvalue weighted by molar-refractivity contribution is -0.137. The minimum Gasteiger partial charge on any atom is -0.497 e. The summed E-state index contributed by atoms with van der Waals surface area (Å²) in [6, 6.07) is 17.9. The minimum atomic E-state index is -3.71. The van der Waals surface area contributed by atoms with E-state index in [4.69, 9.17) is 4.74 Å². The van der Waals surface area contributed by atoms with Crippen LogP contribution in [0.4, 0.5) is 0 Å². The van der Waals surface area contributed by atoms with Crippen LogP contribution in [0.2, 0.25) is 0 Å². The largest absolute Gasteiger partial charge is 0.497 e. The number of sulfonamides is 1. The van der Waals surface area contributed by atoms with Gasteiger partial charge in [0.2, 0.25) is 15.9 Å². The van der Waals surface area contributed by atoms with Crippen molar-refractivity contribution in [1.29, 1.82) is 0 Å². The minimum absolute atomic E-state index is 0.210. The third kappa shape index (κ3) is 7.09. The standard InChI is InChI=1S/C41H49N5O5S/c1-51-33-13-10-31(11-14-33)38-37(30-8-3-2-4-9-30)35-17-12-32(39(47)43-52(49,50)34-15-16-34)25-36(35)46(38)28-41(18-19-41)40(48)45-22-6-21-44(23-24-45)27-29-7-5-20-42-26-29/h5,7,10-14,17,20,25-26,30,34H,2-4,6,8-9,15-16,18-19,21-24,27-28H2,1H3,(H,43,47). The van der Waals surface area contributed by atoms with Crippen LogP contribution in [0.5, 0.6) is 5.75 Å². The maximum Gasteiger partial charge on any atom is 0.264 e. The van der Waals surface area contributed by atoms with Gasteiger partial charge in [0, 0.05) is 68.1 Å². The van der Waals surface area contributed by atoms with Crippen LogP contribution in [-0.4, -0.2) is 78.1 Å². The number of benzene rings is 2. The van der Waals surface area contributed by atoms with E-state index < -0.39 is 26.6 Å². The van der Waals surface area contributed by atoms with Gasteiger partial charge in [0.1, 0.15) is 5.75 Å². The molecule has 1 N–H and O–H groups in total. The van der Waals surface area contributed by atoms with E-state index in [2.05, 4.69) is 42.3 Å². The van der Waals surface area contributed by atoms with Crippen molar-refractivity contribution in [1.82, 2.24) is 24.1 Å². The van der Waals surface area contributed by atoms with Crippen LogP contribution in [0.15, 0.2) is 67.0 Å². The van der Waals surface area contributed by atoms with Crippen LogP contribution in [-0.2, 0) is 27.9 Å². The van der Waals surface area contributed by atoms with E-state index in [1.165, 1.54) is 17.5 Å². The number of carbonyl (C=O) groups excluding carboxylic acids is 2. The number of nitrogens with zero attached hydrogens (tertiary/aromatic N) is 4. The first-order valence-corrected chi connectivity index (χ1v) is 20.6.